The smallest absolute Gasteiger partial charge is 0.264 e. The summed E-state index contributed by atoms with van der Waals surface area (Å²) in [7, 11) is 3.54. The Morgan fingerprint density at radius 1 is 1.28 bits per heavy atom. The molecule has 0 unspecified atom stereocenters. The summed E-state index contributed by atoms with van der Waals surface area (Å²) in [5.41, 5.74) is -0.331. The Balaban J connectivity index is 3.71. The van der Waals surface area contributed by atoms with E-state index in [0.29, 0.717) is 0 Å². The standard InChI is InChI=1S/C9H7Cl3FNO3S/c1-14(2)9(15)4-3-5(13)7(11)8(6(4)10)18(12,16)17/h3H,1-2H3. The van der Waals surface area contributed by atoms with Gasteiger partial charge in [0.25, 0.3) is 15.0 Å². The van der Waals surface area contributed by atoms with Crippen molar-refractivity contribution in [2.45, 2.75) is 4.90 Å². The number of rotatable bonds is 2. The third-order valence-corrected chi connectivity index (χ3v) is 4.34. The summed E-state index contributed by atoms with van der Waals surface area (Å²) in [5.74, 6) is -1.76. The largest absolute Gasteiger partial charge is 0.345 e. The van der Waals surface area contributed by atoms with Crippen LogP contribution in [0, 0.1) is 5.82 Å². The number of carbonyl (C=O) groups is 1. The van der Waals surface area contributed by atoms with E-state index >= 15 is 0 Å². The van der Waals surface area contributed by atoms with Crippen molar-refractivity contribution in [2.24, 2.45) is 0 Å². The second kappa shape index (κ2) is 5.21. The molecule has 1 aromatic carbocycles. The van der Waals surface area contributed by atoms with E-state index in [-0.39, 0.29) is 5.56 Å². The summed E-state index contributed by atoms with van der Waals surface area (Å²) < 4.78 is 36.0. The summed E-state index contributed by atoms with van der Waals surface area (Å²) in [6, 6.07) is 0.762. The molecule has 0 N–H and O–H groups in total. The van der Waals surface area contributed by atoms with Crippen LogP contribution in [-0.4, -0.2) is 33.3 Å². The van der Waals surface area contributed by atoms with Gasteiger partial charge in [0.05, 0.1) is 15.6 Å². The number of halogens is 4. The van der Waals surface area contributed by atoms with Gasteiger partial charge in [0.15, 0.2) is 0 Å². The second-order valence-corrected chi connectivity index (χ2v) is 6.76. The predicted molar refractivity (Wildman–Crippen MR) is 67.5 cm³/mol. The van der Waals surface area contributed by atoms with E-state index in [1.807, 2.05) is 0 Å². The minimum atomic E-state index is -4.37. The maximum Gasteiger partial charge on any atom is 0.264 e. The number of hydrogen-bond donors (Lipinski definition) is 0. The molecule has 1 rings (SSSR count). The molecule has 0 bridgehead atoms. The summed E-state index contributed by atoms with van der Waals surface area (Å²) in [4.78, 5) is 12.0. The van der Waals surface area contributed by atoms with Crippen LogP contribution in [-0.2, 0) is 9.05 Å². The van der Waals surface area contributed by atoms with Gasteiger partial charge in [-0.05, 0) is 6.07 Å². The van der Waals surface area contributed by atoms with Gasteiger partial charge >= 0.3 is 0 Å². The van der Waals surface area contributed by atoms with E-state index < -0.39 is 35.7 Å². The third-order valence-electron chi connectivity index (χ3n) is 2.00. The predicted octanol–water partition coefficient (Wildman–Crippen LogP) is 2.76. The molecule has 0 aromatic heterocycles. The summed E-state index contributed by atoms with van der Waals surface area (Å²) in [6.45, 7) is 0. The van der Waals surface area contributed by atoms with Gasteiger partial charge in [0, 0.05) is 24.8 Å². The van der Waals surface area contributed by atoms with Crippen LogP contribution in [0.2, 0.25) is 10.0 Å². The number of carbonyl (C=O) groups excluding carboxylic acids is 1. The highest BCUT2D eigenvalue weighted by molar-refractivity contribution is 8.14. The van der Waals surface area contributed by atoms with Gasteiger partial charge in [-0.15, -0.1) is 0 Å². The number of benzene rings is 1. The molecule has 1 aromatic rings. The molecule has 4 nitrogen and oxygen atoms in total. The van der Waals surface area contributed by atoms with Gasteiger partial charge in [0.2, 0.25) is 0 Å². The van der Waals surface area contributed by atoms with E-state index in [0.717, 1.165) is 11.0 Å². The van der Waals surface area contributed by atoms with Crippen LogP contribution in [0.5, 0.6) is 0 Å². The fourth-order valence-electron chi connectivity index (χ4n) is 1.19. The van der Waals surface area contributed by atoms with E-state index in [2.05, 4.69) is 0 Å². The Morgan fingerprint density at radius 3 is 2.17 bits per heavy atom. The Hall–Kier alpha value is -0.560. The summed E-state index contributed by atoms with van der Waals surface area (Å²) in [6.07, 6.45) is 0. The highest BCUT2D eigenvalue weighted by atomic mass is 35.7. The lowest BCUT2D eigenvalue weighted by Crippen LogP contribution is -2.22. The molecule has 1 amide bonds. The maximum atomic E-state index is 13.5. The molecule has 0 aliphatic heterocycles. The zero-order valence-electron chi connectivity index (χ0n) is 9.17. The molecule has 0 saturated heterocycles. The van der Waals surface area contributed by atoms with Crippen molar-refractivity contribution in [1.29, 1.82) is 0 Å². The second-order valence-electron chi connectivity index (χ2n) is 3.50. The Bertz CT molecular complexity index is 616. The van der Waals surface area contributed by atoms with E-state index in [4.69, 9.17) is 33.9 Å². The first-order valence-electron chi connectivity index (χ1n) is 4.41. The molecule has 0 fully saturated rings. The van der Waals surface area contributed by atoms with Crippen molar-refractivity contribution in [3.05, 3.63) is 27.5 Å². The molecule has 0 heterocycles. The maximum absolute atomic E-state index is 13.5. The van der Waals surface area contributed by atoms with Crippen LogP contribution in [0.15, 0.2) is 11.0 Å². The van der Waals surface area contributed by atoms with Crippen molar-refractivity contribution in [1.82, 2.24) is 4.90 Å². The highest BCUT2D eigenvalue weighted by Gasteiger charge is 2.28. The molecule has 0 aliphatic carbocycles. The minimum Gasteiger partial charge on any atom is -0.345 e. The zero-order valence-corrected chi connectivity index (χ0v) is 12.3. The quantitative estimate of drug-likeness (QED) is 0.617. The molecule has 0 saturated carbocycles. The van der Waals surface area contributed by atoms with Crippen LogP contribution in [0.3, 0.4) is 0 Å². The van der Waals surface area contributed by atoms with Crippen LogP contribution in [0.1, 0.15) is 10.4 Å². The van der Waals surface area contributed by atoms with Crippen molar-refractivity contribution < 1.29 is 17.6 Å². The number of nitrogens with zero attached hydrogens (tertiary/aromatic N) is 1. The lowest BCUT2D eigenvalue weighted by atomic mass is 10.2. The molecule has 18 heavy (non-hydrogen) atoms. The first-order chi connectivity index (χ1) is 8.07. The van der Waals surface area contributed by atoms with Gasteiger partial charge in [-0.25, -0.2) is 12.8 Å². The topological polar surface area (TPSA) is 54.5 Å². The lowest BCUT2D eigenvalue weighted by molar-refractivity contribution is 0.0827. The van der Waals surface area contributed by atoms with E-state index in [1.54, 1.807) is 0 Å². The fraction of sp³-hybridized carbons (Fsp3) is 0.222. The van der Waals surface area contributed by atoms with Gasteiger partial charge < -0.3 is 4.90 Å². The molecule has 0 spiro atoms. The number of hydrogen-bond acceptors (Lipinski definition) is 3. The van der Waals surface area contributed by atoms with Crippen LogP contribution < -0.4 is 0 Å². The molecule has 0 aliphatic rings. The van der Waals surface area contributed by atoms with Gasteiger partial charge in [-0.3, -0.25) is 4.79 Å². The normalized spacial score (nSPS) is 11.4. The van der Waals surface area contributed by atoms with Gasteiger partial charge in [-0.1, -0.05) is 23.2 Å². The Morgan fingerprint density at radius 2 is 1.78 bits per heavy atom. The Kier molecular flexibility index (Phi) is 4.48. The molecule has 0 atom stereocenters. The lowest BCUT2D eigenvalue weighted by Gasteiger charge is -2.14. The average Bonchev–Trinajstić information content (AvgIpc) is 2.20. The number of amides is 1. The summed E-state index contributed by atoms with van der Waals surface area (Å²) in [5, 5.41) is -1.25. The van der Waals surface area contributed by atoms with Crippen molar-refractivity contribution in [3.8, 4) is 0 Å². The Labute approximate surface area is 118 Å². The van der Waals surface area contributed by atoms with Crippen LogP contribution in [0.4, 0.5) is 4.39 Å². The minimum absolute atomic E-state index is 0.331. The molecular formula is C9H7Cl3FNO3S. The molecule has 100 valence electrons. The van der Waals surface area contributed by atoms with E-state index in [1.165, 1.54) is 14.1 Å². The summed E-state index contributed by atoms with van der Waals surface area (Å²) >= 11 is 11.2. The molecular weight excluding hydrogens is 328 g/mol. The monoisotopic (exact) mass is 333 g/mol. The average molecular weight is 335 g/mol. The van der Waals surface area contributed by atoms with E-state index in [9.17, 15) is 17.6 Å². The van der Waals surface area contributed by atoms with Crippen molar-refractivity contribution in [2.75, 3.05) is 14.1 Å². The van der Waals surface area contributed by atoms with Gasteiger partial charge in [-0.2, -0.15) is 0 Å². The fourth-order valence-corrected chi connectivity index (χ4v) is 3.56. The first-order valence-corrected chi connectivity index (χ1v) is 7.47. The third kappa shape index (κ3) is 2.88. The molecule has 9 heteroatoms. The zero-order chi connectivity index (χ0) is 14.2. The SMILES string of the molecule is CN(C)C(=O)c1cc(F)c(Cl)c(S(=O)(=O)Cl)c1Cl. The van der Waals surface area contributed by atoms with Crippen molar-refractivity contribution >= 4 is 48.8 Å². The molecule has 0 radical (unpaired) electrons. The van der Waals surface area contributed by atoms with Crippen LogP contribution in [0.25, 0.3) is 0 Å². The van der Waals surface area contributed by atoms with Crippen molar-refractivity contribution in [3.63, 3.8) is 0 Å². The van der Waals surface area contributed by atoms with Gasteiger partial charge in [0.1, 0.15) is 10.7 Å². The first kappa shape index (κ1) is 15.5. The highest BCUT2D eigenvalue weighted by Crippen LogP contribution is 2.36. The van der Waals surface area contributed by atoms with Crippen LogP contribution >= 0.6 is 33.9 Å².